The van der Waals surface area contributed by atoms with Crippen LogP contribution in [0.2, 0.25) is 0 Å². The van der Waals surface area contributed by atoms with Gasteiger partial charge >= 0.3 is 0 Å². The van der Waals surface area contributed by atoms with Crippen LogP contribution < -0.4 is 0 Å². The molecule has 3 rings (SSSR count). The molecule has 1 aromatic carbocycles. The van der Waals surface area contributed by atoms with Gasteiger partial charge in [0.1, 0.15) is 5.82 Å². The summed E-state index contributed by atoms with van der Waals surface area (Å²) in [5.74, 6) is 1.03. The zero-order valence-electron chi connectivity index (χ0n) is 9.70. The molecular formula is C13H16N2O. The Hall–Kier alpha value is -1.35. The summed E-state index contributed by atoms with van der Waals surface area (Å²) in [4.78, 5) is 4.47. The van der Waals surface area contributed by atoms with E-state index in [1.165, 1.54) is 5.56 Å². The van der Waals surface area contributed by atoms with Crippen LogP contribution in [0.15, 0.2) is 18.2 Å². The van der Waals surface area contributed by atoms with E-state index in [4.69, 9.17) is 0 Å². The van der Waals surface area contributed by atoms with Crippen LogP contribution >= 0.6 is 0 Å². The van der Waals surface area contributed by atoms with E-state index in [0.717, 1.165) is 36.1 Å². The van der Waals surface area contributed by atoms with E-state index in [1.807, 2.05) is 20.0 Å². The highest BCUT2D eigenvalue weighted by Crippen LogP contribution is 2.38. The molecule has 1 heterocycles. The summed E-state index contributed by atoms with van der Waals surface area (Å²) in [7, 11) is 2.03. The van der Waals surface area contributed by atoms with Gasteiger partial charge in [-0.1, -0.05) is 6.07 Å². The van der Waals surface area contributed by atoms with Crippen molar-refractivity contribution in [1.29, 1.82) is 0 Å². The molecule has 0 radical (unpaired) electrons. The fraction of sp³-hybridized carbons (Fsp3) is 0.462. The number of hydrogen-bond donors (Lipinski definition) is 1. The van der Waals surface area contributed by atoms with Gasteiger partial charge in [0.15, 0.2) is 0 Å². The van der Waals surface area contributed by atoms with Gasteiger partial charge in [0.2, 0.25) is 0 Å². The molecule has 1 aromatic heterocycles. The summed E-state index contributed by atoms with van der Waals surface area (Å²) >= 11 is 0. The Morgan fingerprint density at radius 1 is 1.44 bits per heavy atom. The van der Waals surface area contributed by atoms with Crippen molar-refractivity contribution >= 4 is 11.0 Å². The highest BCUT2D eigenvalue weighted by atomic mass is 16.3. The van der Waals surface area contributed by atoms with Gasteiger partial charge in [0, 0.05) is 13.5 Å². The molecule has 3 nitrogen and oxygen atoms in total. The first-order valence-electron chi connectivity index (χ1n) is 5.72. The molecule has 0 atom stereocenters. The monoisotopic (exact) mass is 216 g/mol. The Morgan fingerprint density at radius 2 is 2.19 bits per heavy atom. The van der Waals surface area contributed by atoms with Crippen LogP contribution in [0.1, 0.15) is 24.2 Å². The second-order valence-corrected chi connectivity index (χ2v) is 4.94. The first kappa shape index (κ1) is 9.85. The SMILES string of the molecule is Cc1nc2ccc(CC3(O)CC3)cc2n1C. The van der Waals surface area contributed by atoms with Crippen LogP contribution in [0.25, 0.3) is 11.0 Å². The fourth-order valence-electron chi connectivity index (χ4n) is 2.17. The first-order valence-corrected chi connectivity index (χ1v) is 5.72. The van der Waals surface area contributed by atoms with Crippen molar-refractivity contribution < 1.29 is 5.11 Å². The minimum atomic E-state index is -0.415. The number of aromatic nitrogens is 2. The predicted octanol–water partition coefficient (Wildman–Crippen LogP) is 1.95. The van der Waals surface area contributed by atoms with Crippen LogP contribution in [0.5, 0.6) is 0 Å². The van der Waals surface area contributed by atoms with Crippen LogP contribution in [-0.2, 0) is 13.5 Å². The Labute approximate surface area is 94.7 Å². The molecule has 16 heavy (non-hydrogen) atoms. The van der Waals surface area contributed by atoms with Gasteiger partial charge in [-0.2, -0.15) is 0 Å². The first-order chi connectivity index (χ1) is 7.57. The van der Waals surface area contributed by atoms with Crippen LogP contribution in [-0.4, -0.2) is 20.3 Å². The zero-order valence-corrected chi connectivity index (χ0v) is 9.70. The molecule has 1 fully saturated rings. The molecule has 84 valence electrons. The van der Waals surface area contributed by atoms with E-state index in [-0.39, 0.29) is 0 Å². The van der Waals surface area contributed by atoms with E-state index >= 15 is 0 Å². The summed E-state index contributed by atoms with van der Waals surface area (Å²) in [6.45, 7) is 2.01. The Morgan fingerprint density at radius 3 is 2.88 bits per heavy atom. The van der Waals surface area contributed by atoms with Crippen molar-refractivity contribution in [3.05, 3.63) is 29.6 Å². The molecule has 2 aromatic rings. The van der Waals surface area contributed by atoms with Gasteiger partial charge in [-0.3, -0.25) is 0 Å². The lowest BCUT2D eigenvalue weighted by Crippen LogP contribution is -2.10. The predicted molar refractivity (Wildman–Crippen MR) is 63.3 cm³/mol. The molecule has 0 aliphatic heterocycles. The third-order valence-corrected chi connectivity index (χ3v) is 3.53. The number of rotatable bonds is 2. The largest absolute Gasteiger partial charge is 0.390 e. The van der Waals surface area contributed by atoms with Gasteiger partial charge in [-0.25, -0.2) is 4.98 Å². The zero-order chi connectivity index (χ0) is 11.3. The molecule has 0 bridgehead atoms. The molecule has 0 saturated heterocycles. The third kappa shape index (κ3) is 1.52. The Bertz CT molecular complexity index is 552. The minimum absolute atomic E-state index is 0.415. The van der Waals surface area contributed by atoms with E-state index < -0.39 is 5.60 Å². The fourth-order valence-corrected chi connectivity index (χ4v) is 2.17. The number of aliphatic hydroxyl groups is 1. The summed E-state index contributed by atoms with van der Waals surface area (Å²) in [5.41, 5.74) is 2.97. The molecule has 0 amide bonds. The third-order valence-electron chi connectivity index (χ3n) is 3.53. The molecule has 0 unspecified atom stereocenters. The average Bonchev–Trinajstić information content (AvgIpc) is 2.90. The number of hydrogen-bond acceptors (Lipinski definition) is 2. The van der Waals surface area contributed by atoms with E-state index in [1.54, 1.807) is 0 Å². The van der Waals surface area contributed by atoms with Gasteiger partial charge in [-0.15, -0.1) is 0 Å². The summed E-state index contributed by atoms with van der Waals surface area (Å²) in [6, 6.07) is 6.26. The van der Waals surface area contributed by atoms with Gasteiger partial charge in [-0.05, 0) is 37.5 Å². The van der Waals surface area contributed by atoms with Gasteiger partial charge in [0.05, 0.1) is 16.6 Å². The molecule has 1 saturated carbocycles. The molecule has 1 aliphatic carbocycles. The van der Waals surface area contributed by atoms with Crippen molar-refractivity contribution in [3.8, 4) is 0 Å². The normalized spacial score (nSPS) is 17.9. The number of fused-ring (bicyclic) bond motifs is 1. The maximum atomic E-state index is 9.91. The average molecular weight is 216 g/mol. The Kier molecular flexibility index (Phi) is 1.89. The lowest BCUT2D eigenvalue weighted by Gasteiger charge is -2.07. The van der Waals surface area contributed by atoms with Crippen LogP contribution in [0.3, 0.4) is 0 Å². The van der Waals surface area contributed by atoms with Gasteiger partial charge < -0.3 is 9.67 Å². The Balaban J connectivity index is 2.04. The molecule has 3 heteroatoms. The quantitative estimate of drug-likeness (QED) is 0.833. The smallest absolute Gasteiger partial charge is 0.106 e. The molecule has 0 spiro atoms. The van der Waals surface area contributed by atoms with Crippen LogP contribution in [0.4, 0.5) is 0 Å². The summed E-state index contributed by atoms with van der Waals surface area (Å²) in [5, 5.41) is 9.91. The second-order valence-electron chi connectivity index (χ2n) is 4.94. The van der Waals surface area contributed by atoms with E-state index in [9.17, 15) is 5.11 Å². The molecule has 1 N–H and O–H groups in total. The standard InChI is InChI=1S/C13H16N2O/c1-9-14-11-4-3-10(7-12(11)15(9)2)8-13(16)5-6-13/h3-4,7,16H,5-6,8H2,1-2H3. The number of aryl methyl sites for hydroxylation is 2. The van der Waals surface area contributed by atoms with E-state index in [0.29, 0.717) is 0 Å². The van der Waals surface area contributed by atoms with Crippen molar-refractivity contribution in [3.63, 3.8) is 0 Å². The van der Waals surface area contributed by atoms with Crippen molar-refractivity contribution in [2.75, 3.05) is 0 Å². The van der Waals surface area contributed by atoms with Crippen LogP contribution in [0, 0.1) is 6.92 Å². The summed E-state index contributed by atoms with van der Waals surface area (Å²) < 4.78 is 2.09. The van der Waals surface area contributed by atoms with Crippen molar-refractivity contribution in [2.24, 2.45) is 7.05 Å². The molecule has 1 aliphatic rings. The lowest BCUT2D eigenvalue weighted by atomic mass is 10.1. The van der Waals surface area contributed by atoms with Crippen molar-refractivity contribution in [2.45, 2.75) is 31.8 Å². The van der Waals surface area contributed by atoms with E-state index in [2.05, 4.69) is 21.7 Å². The molecular weight excluding hydrogens is 200 g/mol. The van der Waals surface area contributed by atoms with Crippen molar-refractivity contribution in [1.82, 2.24) is 9.55 Å². The second kappa shape index (κ2) is 3.08. The number of nitrogens with zero attached hydrogens (tertiary/aromatic N) is 2. The lowest BCUT2D eigenvalue weighted by molar-refractivity contribution is 0.151. The maximum Gasteiger partial charge on any atom is 0.106 e. The minimum Gasteiger partial charge on any atom is -0.390 e. The maximum absolute atomic E-state index is 9.91. The van der Waals surface area contributed by atoms with Gasteiger partial charge in [0.25, 0.3) is 0 Å². The number of benzene rings is 1. The highest BCUT2D eigenvalue weighted by molar-refractivity contribution is 5.76. The summed E-state index contributed by atoms with van der Waals surface area (Å²) in [6.07, 6.45) is 2.65. The topological polar surface area (TPSA) is 38.1 Å². The number of imidazole rings is 1. The highest BCUT2D eigenvalue weighted by Gasteiger charge is 2.40.